The molecule has 3 fully saturated rings. The van der Waals surface area contributed by atoms with Crippen LogP contribution in [0.3, 0.4) is 0 Å². The van der Waals surface area contributed by atoms with Crippen LogP contribution in [0.1, 0.15) is 55.3 Å². The average molecular weight is 396 g/mol. The highest BCUT2D eigenvalue weighted by molar-refractivity contribution is 6.09. The van der Waals surface area contributed by atoms with Crippen LogP contribution in [0.5, 0.6) is 0 Å². The number of carbonyl (C=O) groups excluding carboxylic acids is 3. The van der Waals surface area contributed by atoms with Crippen LogP contribution in [0, 0.1) is 0 Å². The maximum Gasteiger partial charge on any atom is 0.253 e. The minimum atomic E-state index is -0.204. The first kappa shape index (κ1) is 18.5. The van der Waals surface area contributed by atoms with Crippen molar-refractivity contribution in [1.82, 2.24) is 10.2 Å². The average Bonchev–Trinajstić information content (AvgIpc) is 3.38. The van der Waals surface area contributed by atoms with Crippen molar-refractivity contribution in [2.24, 2.45) is 0 Å². The molecular weight excluding hydrogens is 368 g/mol. The fourth-order valence-electron chi connectivity index (χ4n) is 4.80. The van der Waals surface area contributed by atoms with E-state index >= 15 is 0 Å². The number of benzene rings is 1. The largest absolute Gasteiger partial charge is 0.358 e. The van der Waals surface area contributed by atoms with E-state index in [0.29, 0.717) is 11.3 Å². The summed E-state index contributed by atoms with van der Waals surface area (Å²) in [5.41, 5.74) is 2.26. The summed E-state index contributed by atoms with van der Waals surface area (Å²) in [6, 6.07) is 5.73. The normalized spacial score (nSPS) is 23.7. The van der Waals surface area contributed by atoms with E-state index in [-0.39, 0.29) is 36.3 Å². The maximum atomic E-state index is 13.3. The Bertz CT molecular complexity index is 844. The summed E-state index contributed by atoms with van der Waals surface area (Å²) < 4.78 is 0. The lowest BCUT2D eigenvalue weighted by molar-refractivity contribution is -0.125. The molecule has 3 aliphatic heterocycles. The van der Waals surface area contributed by atoms with Gasteiger partial charge in [-0.1, -0.05) is 0 Å². The molecule has 29 heavy (non-hydrogen) atoms. The molecule has 154 valence electrons. The summed E-state index contributed by atoms with van der Waals surface area (Å²) in [7, 11) is 0. The minimum absolute atomic E-state index is 0.0147. The van der Waals surface area contributed by atoms with Crippen LogP contribution < -0.4 is 15.1 Å². The molecule has 7 heteroatoms. The van der Waals surface area contributed by atoms with Crippen LogP contribution in [0.2, 0.25) is 0 Å². The summed E-state index contributed by atoms with van der Waals surface area (Å²) in [5.74, 6) is -0.123. The number of rotatable bonds is 4. The van der Waals surface area contributed by atoms with Crippen molar-refractivity contribution in [2.75, 3.05) is 36.0 Å². The first-order chi connectivity index (χ1) is 14.1. The van der Waals surface area contributed by atoms with E-state index < -0.39 is 0 Å². The fourth-order valence-corrected chi connectivity index (χ4v) is 4.80. The predicted molar refractivity (Wildman–Crippen MR) is 110 cm³/mol. The van der Waals surface area contributed by atoms with Crippen LogP contribution in [0.4, 0.5) is 11.4 Å². The Labute approximate surface area is 171 Å². The molecule has 5 rings (SSSR count). The van der Waals surface area contributed by atoms with Gasteiger partial charge in [0.15, 0.2) is 0 Å². The third kappa shape index (κ3) is 3.47. The fraction of sp³-hybridized carbons (Fsp3) is 0.591. The number of fused-ring (bicyclic) bond motifs is 3. The van der Waals surface area contributed by atoms with Gasteiger partial charge in [-0.25, -0.2) is 0 Å². The number of piperidine rings is 1. The number of anilines is 2. The number of carbonyl (C=O) groups is 3. The summed E-state index contributed by atoms with van der Waals surface area (Å²) in [5, 5.41) is 2.99. The van der Waals surface area contributed by atoms with E-state index in [0.717, 1.165) is 70.3 Å². The molecule has 4 aliphatic rings. The molecule has 1 atom stereocenters. The lowest BCUT2D eigenvalue weighted by Crippen LogP contribution is -2.57. The van der Waals surface area contributed by atoms with Crippen molar-refractivity contribution in [3.8, 4) is 0 Å². The Hall–Kier alpha value is -2.57. The Kier molecular flexibility index (Phi) is 4.68. The van der Waals surface area contributed by atoms with E-state index in [2.05, 4.69) is 10.2 Å². The van der Waals surface area contributed by atoms with Gasteiger partial charge in [0.25, 0.3) is 5.91 Å². The van der Waals surface area contributed by atoms with Crippen molar-refractivity contribution >= 4 is 29.1 Å². The summed E-state index contributed by atoms with van der Waals surface area (Å²) in [6.45, 7) is 2.44. The van der Waals surface area contributed by atoms with Gasteiger partial charge in [-0.3, -0.25) is 19.3 Å². The van der Waals surface area contributed by atoms with E-state index in [9.17, 15) is 14.4 Å². The maximum absolute atomic E-state index is 13.3. The smallest absolute Gasteiger partial charge is 0.253 e. The van der Waals surface area contributed by atoms with Crippen molar-refractivity contribution in [3.63, 3.8) is 0 Å². The summed E-state index contributed by atoms with van der Waals surface area (Å²) in [6.07, 6.45) is 7.00. The Morgan fingerprint density at radius 3 is 2.48 bits per heavy atom. The first-order valence-corrected chi connectivity index (χ1v) is 10.9. The second-order valence-corrected chi connectivity index (χ2v) is 8.67. The Morgan fingerprint density at radius 2 is 1.72 bits per heavy atom. The van der Waals surface area contributed by atoms with Gasteiger partial charge < -0.3 is 15.1 Å². The molecular formula is C22H28N4O3. The van der Waals surface area contributed by atoms with Crippen molar-refractivity contribution < 1.29 is 14.4 Å². The van der Waals surface area contributed by atoms with Gasteiger partial charge in [0.1, 0.15) is 12.6 Å². The molecule has 7 nitrogen and oxygen atoms in total. The van der Waals surface area contributed by atoms with E-state index in [1.807, 2.05) is 23.1 Å². The number of likely N-dealkylation sites (tertiary alicyclic amines) is 1. The van der Waals surface area contributed by atoms with Crippen LogP contribution in [0.15, 0.2) is 18.2 Å². The number of nitrogens with one attached hydrogen (secondary N) is 1. The summed E-state index contributed by atoms with van der Waals surface area (Å²) >= 11 is 0. The number of hydrogen-bond donors (Lipinski definition) is 1. The van der Waals surface area contributed by atoms with Gasteiger partial charge in [-0.05, 0) is 63.1 Å². The number of nitrogens with zero attached hydrogens (tertiary/aromatic N) is 3. The molecule has 2 saturated heterocycles. The Balaban J connectivity index is 1.48. The highest BCUT2D eigenvalue weighted by Crippen LogP contribution is 2.40. The van der Waals surface area contributed by atoms with Gasteiger partial charge in [-0.15, -0.1) is 0 Å². The molecule has 1 unspecified atom stereocenters. The lowest BCUT2D eigenvalue weighted by Gasteiger charge is -2.45. The number of amides is 3. The van der Waals surface area contributed by atoms with Gasteiger partial charge in [0.05, 0.1) is 11.4 Å². The zero-order valence-electron chi connectivity index (χ0n) is 16.7. The highest BCUT2D eigenvalue weighted by Gasteiger charge is 2.40. The second kappa shape index (κ2) is 7.35. The minimum Gasteiger partial charge on any atom is -0.358 e. The van der Waals surface area contributed by atoms with Gasteiger partial charge >= 0.3 is 0 Å². The molecule has 0 radical (unpaired) electrons. The van der Waals surface area contributed by atoms with E-state index in [4.69, 9.17) is 0 Å². The molecule has 1 aromatic rings. The predicted octanol–water partition coefficient (Wildman–Crippen LogP) is 1.91. The molecule has 1 saturated carbocycles. The molecule has 0 bridgehead atoms. The highest BCUT2D eigenvalue weighted by atomic mass is 16.2. The molecule has 3 amide bonds. The van der Waals surface area contributed by atoms with Gasteiger partial charge in [0, 0.05) is 31.2 Å². The van der Waals surface area contributed by atoms with Crippen LogP contribution >= 0.6 is 0 Å². The second-order valence-electron chi connectivity index (χ2n) is 8.67. The molecule has 1 aromatic carbocycles. The number of hydrogen-bond acceptors (Lipinski definition) is 4. The zero-order chi connectivity index (χ0) is 20.0. The molecule has 3 heterocycles. The summed E-state index contributed by atoms with van der Waals surface area (Å²) in [4.78, 5) is 44.4. The van der Waals surface area contributed by atoms with Gasteiger partial charge in [0.2, 0.25) is 11.8 Å². The zero-order valence-corrected chi connectivity index (χ0v) is 16.7. The van der Waals surface area contributed by atoms with Crippen molar-refractivity contribution in [1.29, 1.82) is 0 Å². The van der Waals surface area contributed by atoms with Crippen molar-refractivity contribution in [2.45, 2.75) is 57.0 Å². The monoisotopic (exact) mass is 396 g/mol. The first-order valence-electron chi connectivity index (χ1n) is 10.9. The van der Waals surface area contributed by atoms with Crippen LogP contribution in [0.25, 0.3) is 0 Å². The lowest BCUT2D eigenvalue weighted by atomic mass is 9.95. The molecule has 1 N–H and O–H groups in total. The van der Waals surface area contributed by atoms with Gasteiger partial charge in [-0.2, -0.15) is 0 Å². The Morgan fingerprint density at radius 1 is 0.966 bits per heavy atom. The van der Waals surface area contributed by atoms with E-state index in [1.54, 1.807) is 4.90 Å². The topological polar surface area (TPSA) is 73.0 Å². The van der Waals surface area contributed by atoms with Crippen molar-refractivity contribution in [3.05, 3.63) is 23.8 Å². The quantitative estimate of drug-likeness (QED) is 0.844. The third-order valence-electron chi connectivity index (χ3n) is 6.51. The molecule has 0 aromatic heterocycles. The van der Waals surface area contributed by atoms with Crippen LogP contribution in [-0.2, 0) is 9.59 Å². The van der Waals surface area contributed by atoms with E-state index in [1.165, 1.54) is 0 Å². The SMILES string of the molecule is O=C(CN1C(=O)C2CCCCN2c2ccc(C(=O)N3CCCC3)cc21)NC1CC1. The molecule has 1 aliphatic carbocycles. The van der Waals surface area contributed by atoms with Crippen LogP contribution in [-0.4, -0.2) is 60.9 Å². The third-order valence-corrected chi connectivity index (χ3v) is 6.51. The standard InChI is InChI=1S/C22H28N4O3/c27-20(23-16-7-8-16)14-26-19-13-15(21(28)24-10-3-4-11-24)6-9-17(19)25-12-2-1-5-18(25)22(26)29/h6,9,13,16,18H,1-5,7-8,10-12,14H2,(H,23,27). The molecule has 0 spiro atoms.